The summed E-state index contributed by atoms with van der Waals surface area (Å²) in [6.07, 6.45) is 1.07. The predicted molar refractivity (Wildman–Crippen MR) is 81.3 cm³/mol. The van der Waals surface area contributed by atoms with E-state index in [9.17, 15) is 4.79 Å². The van der Waals surface area contributed by atoms with E-state index in [-0.39, 0.29) is 11.8 Å². The summed E-state index contributed by atoms with van der Waals surface area (Å²) >= 11 is 5.48. The molecule has 0 saturated heterocycles. The van der Waals surface area contributed by atoms with Crippen LogP contribution in [-0.2, 0) is 4.79 Å². The Balaban J connectivity index is 2.96. The Labute approximate surface area is 120 Å². The largest absolute Gasteiger partial charge is 0.349 e. The van der Waals surface area contributed by atoms with Crippen molar-refractivity contribution in [2.45, 2.75) is 26.2 Å². The van der Waals surface area contributed by atoms with Gasteiger partial charge in [0.25, 0.3) is 0 Å². The maximum absolute atomic E-state index is 11.2. The fourth-order valence-electron chi connectivity index (χ4n) is 1.93. The van der Waals surface area contributed by atoms with Crippen LogP contribution in [0, 0.1) is 0 Å². The SMILES string of the molecule is CCC(C)c1ccccc1C(CNC(=O)CCl)=NC. The number of aliphatic imine (C=N–C) groups is 1. The minimum atomic E-state index is -0.177. The molecular weight excluding hydrogens is 260 g/mol. The molecule has 0 saturated carbocycles. The maximum atomic E-state index is 11.2. The summed E-state index contributed by atoms with van der Waals surface area (Å²) in [4.78, 5) is 15.5. The molecule has 0 aliphatic heterocycles. The summed E-state index contributed by atoms with van der Waals surface area (Å²) in [5, 5.41) is 2.76. The number of benzene rings is 1. The van der Waals surface area contributed by atoms with Crippen molar-refractivity contribution in [2.75, 3.05) is 19.5 Å². The van der Waals surface area contributed by atoms with Crippen LogP contribution >= 0.6 is 11.6 Å². The monoisotopic (exact) mass is 280 g/mol. The summed E-state index contributed by atoms with van der Waals surface area (Å²) in [7, 11) is 1.75. The molecule has 1 aromatic rings. The fraction of sp³-hybridized carbons (Fsp3) is 0.467. The second kappa shape index (κ2) is 7.95. The molecule has 1 amide bonds. The highest BCUT2D eigenvalue weighted by Crippen LogP contribution is 2.23. The van der Waals surface area contributed by atoms with Crippen molar-refractivity contribution in [3.8, 4) is 0 Å². The molecule has 1 unspecified atom stereocenters. The van der Waals surface area contributed by atoms with E-state index in [4.69, 9.17) is 11.6 Å². The Morgan fingerprint density at radius 2 is 2.11 bits per heavy atom. The Kier molecular flexibility index (Phi) is 6.57. The topological polar surface area (TPSA) is 41.5 Å². The van der Waals surface area contributed by atoms with Gasteiger partial charge in [0.15, 0.2) is 0 Å². The minimum Gasteiger partial charge on any atom is -0.349 e. The standard InChI is InChI=1S/C15H21ClN2O/c1-4-11(2)12-7-5-6-8-13(12)14(17-3)10-18-15(19)9-16/h5-8,11H,4,9-10H2,1-3H3,(H,18,19). The molecule has 0 aliphatic carbocycles. The van der Waals surface area contributed by atoms with Gasteiger partial charge in [0.2, 0.25) is 5.91 Å². The summed E-state index contributed by atoms with van der Waals surface area (Å²) in [6, 6.07) is 8.21. The highest BCUT2D eigenvalue weighted by atomic mass is 35.5. The van der Waals surface area contributed by atoms with E-state index >= 15 is 0 Å². The van der Waals surface area contributed by atoms with Crippen LogP contribution in [0.5, 0.6) is 0 Å². The molecule has 1 N–H and O–H groups in total. The third-order valence-corrected chi connectivity index (χ3v) is 3.50. The van der Waals surface area contributed by atoms with Crippen molar-refractivity contribution in [1.82, 2.24) is 5.32 Å². The Bertz CT molecular complexity index is 457. The van der Waals surface area contributed by atoms with Crippen molar-refractivity contribution in [2.24, 2.45) is 4.99 Å². The lowest BCUT2D eigenvalue weighted by Gasteiger charge is -2.16. The van der Waals surface area contributed by atoms with Crippen LogP contribution in [0.2, 0.25) is 0 Å². The van der Waals surface area contributed by atoms with Gasteiger partial charge in [-0.05, 0) is 17.9 Å². The van der Waals surface area contributed by atoms with Gasteiger partial charge >= 0.3 is 0 Å². The molecule has 19 heavy (non-hydrogen) atoms. The van der Waals surface area contributed by atoms with Gasteiger partial charge < -0.3 is 5.32 Å². The van der Waals surface area contributed by atoms with E-state index < -0.39 is 0 Å². The predicted octanol–water partition coefficient (Wildman–Crippen LogP) is 2.97. The second-order valence-electron chi connectivity index (χ2n) is 4.48. The van der Waals surface area contributed by atoms with Crippen molar-refractivity contribution >= 4 is 23.2 Å². The summed E-state index contributed by atoms with van der Waals surface area (Å²) in [6.45, 7) is 4.78. The third kappa shape index (κ3) is 4.35. The van der Waals surface area contributed by atoms with Gasteiger partial charge in [-0.1, -0.05) is 38.1 Å². The van der Waals surface area contributed by atoms with Gasteiger partial charge in [-0.25, -0.2) is 0 Å². The molecule has 0 bridgehead atoms. The van der Waals surface area contributed by atoms with E-state index in [0.717, 1.165) is 17.7 Å². The number of rotatable bonds is 6. The number of hydrogen-bond donors (Lipinski definition) is 1. The number of carbonyl (C=O) groups excluding carboxylic acids is 1. The number of halogens is 1. The number of nitrogens with one attached hydrogen (secondary N) is 1. The maximum Gasteiger partial charge on any atom is 0.235 e. The number of alkyl halides is 1. The molecule has 0 radical (unpaired) electrons. The van der Waals surface area contributed by atoms with Gasteiger partial charge in [-0.3, -0.25) is 9.79 Å². The van der Waals surface area contributed by atoms with Crippen LogP contribution in [0.25, 0.3) is 0 Å². The zero-order valence-corrected chi connectivity index (χ0v) is 12.5. The van der Waals surface area contributed by atoms with E-state index in [0.29, 0.717) is 12.5 Å². The molecule has 3 nitrogen and oxygen atoms in total. The first-order chi connectivity index (χ1) is 9.13. The summed E-state index contributed by atoms with van der Waals surface area (Å²) in [5.41, 5.74) is 3.26. The Hall–Kier alpha value is -1.35. The van der Waals surface area contributed by atoms with E-state index in [1.165, 1.54) is 5.56 Å². The molecule has 0 aliphatic rings. The van der Waals surface area contributed by atoms with Crippen molar-refractivity contribution in [3.05, 3.63) is 35.4 Å². The average molecular weight is 281 g/mol. The molecule has 4 heteroatoms. The molecular formula is C15H21ClN2O. The Morgan fingerprint density at radius 1 is 1.42 bits per heavy atom. The van der Waals surface area contributed by atoms with Gasteiger partial charge in [0.1, 0.15) is 5.88 Å². The fourth-order valence-corrected chi connectivity index (χ4v) is 2.03. The van der Waals surface area contributed by atoms with E-state index in [1.807, 2.05) is 12.1 Å². The molecule has 0 heterocycles. The zero-order valence-electron chi connectivity index (χ0n) is 11.7. The molecule has 104 valence electrons. The first-order valence-corrected chi connectivity index (χ1v) is 7.05. The molecule has 0 aromatic heterocycles. The molecule has 0 spiro atoms. The number of carbonyl (C=O) groups is 1. The lowest BCUT2D eigenvalue weighted by atomic mass is 9.91. The molecule has 0 fully saturated rings. The number of nitrogens with zero attached hydrogens (tertiary/aromatic N) is 1. The van der Waals surface area contributed by atoms with Gasteiger partial charge in [0, 0.05) is 12.6 Å². The molecule has 1 atom stereocenters. The highest BCUT2D eigenvalue weighted by molar-refractivity contribution is 6.27. The number of amides is 1. The second-order valence-corrected chi connectivity index (χ2v) is 4.74. The van der Waals surface area contributed by atoms with Crippen LogP contribution in [0.4, 0.5) is 0 Å². The van der Waals surface area contributed by atoms with Gasteiger partial charge in [0.05, 0.1) is 12.3 Å². The lowest BCUT2D eigenvalue weighted by molar-refractivity contribution is -0.118. The van der Waals surface area contributed by atoms with Crippen molar-refractivity contribution in [3.63, 3.8) is 0 Å². The van der Waals surface area contributed by atoms with Gasteiger partial charge in [-0.2, -0.15) is 0 Å². The molecule has 1 aromatic carbocycles. The van der Waals surface area contributed by atoms with E-state index in [2.05, 4.69) is 36.3 Å². The smallest absolute Gasteiger partial charge is 0.235 e. The van der Waals surface area contributed by atoms with Crippen LogP contribution in [0.1, 0.15) is 37.3 Å². The summed E-state index contributed by atoms with van der Waals surface area (Å²) < 4.78 is 0. The van der Waals surface area contributed by atoms with Crippen LogP contribution in [0.3, 0.4) is 0 Å². The quantitative estimate of drug-likeness (QED) is 0.632. The summed E-state index contributed by atoms with van der Waals surface area (Å²) in [5.74, 6) is 0.268. The first-order valence-electron chi connectivity index (χ1n) is 6.51. The van der Waals surface area contributed by atoms with Crippen LogP contribution in [0.15, 0.2) is 29.3 Å². The lowest BCUT2D eigenvalue weighted by Crippen LogP contribution is -2.31. The zero-order chi connectivity index (χ0) is 14.3. The van der Waals surface area contributed by atoms with E-state index in [1.54, 1.807) is 7.05 Å². The van der Waals surface area contributed by atoms with Crippen LogP contribution < -0.4 is 5.32 Å². The van der Waals surface area contributed by atoms with Crippen molar-refractivity contribution < 1.29 is 4.79 Å². The minimum absolute atomic E-state index is 0.0238. The first kappa shape index (κ1) is 15.7. The number of hydrogen-bond acceptors (Lipinski definition) is 2. The Morgan fingerprint density at radius 3 is 2.68 bits per heavy atom. The third-order valence-electron chi connectivity index (χ3n) is 3.26. The van der Waals surface area contributed by atoms with Crippen LogP contribution in [-0.4, -0.2) is 31.1 Å². The van der Waals surface area contributed by atoms with Crippen molar-refractivity contribution in [1.29, 1.82) is 0 Å². The highest BCUT2D eigenvalue weighted by Gasteiger charge is 2.13. The molecule has 1 rings (SSSR count). The normalized spacial score (nSPS) is 13.2. The van der Waals surface area contributed by atoms with Gasteiger partial charge in [-0.15, -0.1) is 11.6 Å². The average Bonchev–Trinajstić information content (AvgIpc) is 2.47.